The Labute approximate surface area is 121 Å². The predicted octanol–water partition coefficient (Wildman–Crippen LogP) is 4.01. The molecule has 2 heteroatoms. The first kappa shape index (κ1) is 14.4. The zero-order valence-electron chi connectivity index (χ0n) is 13.5. The molecule has 104 valence electrons. The number of rotatable bonds is 1. The van der Waals surface area contributed by atoms with Crippen molar-refractivity contribution in [3.8, 4) is 18.0 Å². The number of benzene rings is 1. The van der Waals surface area contributed by atoms with Gasteiger partial charge in [0.05, 0.1) is 22.6 Å². The van der Waals surface area contributed by atoms with Crippen LogP contribution >= 0.6 is 0 Å². The second-order valence-corrected chi connectivity index (χ2v) is 5.58. The first-order valence-electron chi connectivity index (χ1n) is 6.91. The van der Waals surface area contributed by atoms with Gasteiger partial charge in [-0.1, -0.05) is 5.92 Å². The fourth-order valence-corrected chi connectivity index (χ4v) is 2.87. The minimum absolute atomic E-state index is 0.902. The van der Waals surface area contributed by atoms with E-state index in [1.807, 2.05) is 18.5 Å². The Morgan fingerprint density at radius 2 is 1.25 bits per heavy atom. The minimum Gasteiger partial charge on any atom is -0.236 e. The van der Waals surface area contributed by atoms with E-state index in [2.05, 4.69) is 45.6 Å². The smallest absolute Gasteiger partial charge is 0.0757 e. The van der Waals surface area contributed by atoms with E-state index < -0.39 is 0 Å². The molecule has 0 aliphatic rings. The standard InChI is InChI=1S/C18H22N2/c1-9-17-15(7)19-20(16(17)8)18-13(5)11(3)10(2)12(4)14(18)6/h1H,2-8H3. The van der Waals surface area contributed by atoms with Gasteiger partial charge >= 0.3 is 0 Å². The van der Waals surface area contributed by atoms with Crippen molar-refractivity contribution in [3.63, 3.8) is 0 Å². The van der Waals surface area contributed by atoms with Gasteiger partial charge in [0.1, 0.15) is 0 Å². The summed E-state index contributed by atoms with van der Waals surface area (Å²) in [5, 5.41) is 4.66. The number of hydrogen-bond acceptors (Lipinski definition) is 1. The highest BCUT2D eigenvalue weighted by atomic mass is 15.3. The van der Waals surface area contributed by atoms with Crippen LogP contribution in [-0.2, 0) is 0 Å². The molecule has 0 saturated heterocycles. The molecule has 0 spiro atoms. The first-order valence-corrected chi connectivity index (χ1v) is 6.91. The lowest BCUT2D eigenvalue weighted by Gasteiger charge is -2.19. The molecule has 0 fully saturated rings. The Hall–Kier alpha value is -2.01. The zero-order chi connectivity index (χ0) is 15.2. The molecule has 1 aromatic heterocycles. The molecular formula is C18H22N2. The number of hydrogen-bond donors (Lipinski definition) is 0. The molecule has 0 aliphatic carbocycles. The molecule has 1 aromatic carbocycles. The van der Waals surface area contributed by atoms with Crippen LogP contribution in [0.3, 0.4) is 0 Å². The summed E-state index contributed by atoms with van der Waals surface area (Å²) in [4.78, 5) is 0. The maximum atomic E-state index is 5.60. The summed E-state index contributed by atoms with van der Waals surface area (Å²) in [7, 11) is 0. The largest absolute Gasteiger partial charge is 0.236 e. The van der Waals surface area contributed by atoms with Crippen LogP contribution in [-0.4, -0.2) is 9.78 Å². The van der Waals surface area contributed by atoms with E-state index in [0.29, 0.717) is 0 Å². The molecule has 20 heavy (non-hydrogen) atoms. The van der Waals surface area contributed by atoms with E-state index in [-0.39, 0.29) is 0 Å². The summed E-state index contributed by atoms with van der Waals surface area (Å²) >= 11 is 0. The Morgan fingerprint density at radius 3 is 1.65 bits per heavy atom. The summed E-state index contributed by atoms with van der Waals surface area (Å²) in [6.45, 7) is 14.9. The Balaban J connectivity index is 2.88. The maximum absolute atomic E-state index is 5.60. The van der Waals surface area contributed by atoms with E-state index in [1.165, 1.54) is 33.5 Å². The lowest BCUT2D eigenvalue weighted by molar-refractivity contribution is 0.816. The normalized spacial score (nSPS) is 10.7. The molecule has 0 atom stereocenters. The van der Waals surface area contributed by atoms with Crippen LogP contribution in [0.1, 0.15) is 44.8 Å². The van der Waals surface area contributed by atoms with Crippen LogP contribution in [0.4, 0.5) is 0 Å². The van der Waals surface area contributed by atoms with Crippen molar-refractivity contribution in [2.24, 2.45) is 0 Å². The number of terminal acetylenes is 1. The molecule has 0 amide bonds. The molecule has 0 radical (unpaired) electrons. The van der Waals surface area contributed by atoms with Crippen molar-refractivity contribution in [1.29, 1.82) is 0 Å². The van der Waals surface area contributed by atoms with Crippen molar-refractivity contribution in [2.75, 3.05) is 0 Å². The highest BCUT2D eigenvalue weighted by Crippen LogP contribution is 2.30. The van der Waals surface area contributed by atoms with E-state index in [0.717, 1.165) is 17.0 Å². The third-order valence-electron chi connectivity index (χ3n) is 4.61. The molecule has 0 saturated carbocycles. The van der Waals surface area contributed by atoms with E-state index in [9.17, 15) is 0 Å². The van der Waals surface area contributed by atoms with Gasteiger partial charge in [0, 0.05) is 0 Å². The summed E-state index contributed by atoms with van der Waals surface area (Å²) in [6, 6.07) is 0. The quantitative estimate of drug-likeness (QED) is 0.713. The van der Waals surface area contributed by atoms with E-state index >= 15 is 0 Å². The van der Waals surface area contributed by atoms with E-state index in [4.69, 9.17) is 6.42 Å². The van der Waals surface area contributed by atoms with Gasteiger partial charge in [-0.15, -0.1) is 6.42 Å². The molecule has 2 rings (SSSR count). The van der Waals surface area contributed by atoms with Crippen molar-refractivity contribution in [1.82, 2.24) is 9.78 Å². The van der Waals surface area contributed by atoms with Crippen molar-refractivity contribution in [3.05, 3.63) is 44.8 Å². The maximum Gasteiger partial charge on any atom is 0.0757 e. The topological polar surface area (TPSA) is 17.8 Å². The summed E-state index contributed by atoms with van der Waals surface area (Å²) in [5.74, 6) is 2.75. The molecule has 2 nitrogen and oxygen atoms in total. The summed E-state index contributed by atoms with van der Waals surface area (Å²) in [5.41, 5.74) is 10.6. The van der Waals surface area contributed by atoms with Gasteiger partial charge in [0.2, 0.25) is 0 Å². The van der Waals surface area contributed by atoms with Crippen molar-refractivity contribution >= 4 is 0 Å². The zero-order valence-corrected chi connectivity index (χ0v) is 13.5. The highest BCUT2D eigenvalue weighted by molar-refractivity contribution is 5.59. The van der Waals surface area contributed by atoms with Crippen LogP contribution in [0.25, 0.3) is 5.69 Å². The van der Waals surface area contributed by atoms with Gasteiger partial charge < -0.3 is 0 Å². The second kappa shape index (κ2) is 4.83. The molecular weight excluding hydrogens is 244 g/mol. The van der Waals surface area contributed by atoms with Crippen LogP contribution in [0.15, 0.2) is 0 Å². The van der Waals surface area contributed by atoms with Gasteiger partial charge in [-0.05, 0) is 76.3 Å². The fraction of sp³-hybridized carbons (Fsp3) is 0.389. The molecule has 0 N–H and O–H groups in total. The molecule has 0 unspecified atom stereocenters. The predicted molar refractivity (Wildman–Crippen MR) is 84.7 cm³/mol. The SMILES string of the molecule is C#Cc1c(C)nn(-c2c(C)c(C)c(C)c(C)c2C)c1C. The summed E-state index contributed by atoms with van der Waals surface area (Å²) < 4.78 is 2.01. The number of aryl methyl sites for hydroxylation is 1. The summed E-state index contributed by atoms with van der Waals surface area (Å²) in [6.07, 6.45) is 5.60. The van der Waals surface area contributed by atoms with Crippen LogP contribution < -0.4 is 0 Å². The Morgan fingerprint density at radius 1 is 0.800 bits per heavy atom. The molecule has 0 bridgehead atoms. The van der Waals surface area contributed by atoms with E-state index in [1.54, 1.807) is 0 Å². The van der Waals surface area contributed by atoms with Crippen LogP contribution in [0.5, 0.6) is 0 Å². The Kier molecular flexibility index (Phi) is 3.48. The first-order chi connectivity index (χ1) is 9.31. The van der Waals surface area contributed by atoms with Crippen LogP contribution in [0, 0.1) is 60.8 Å². The van der Waals surface area contributed by atoms with Crippen molar-refractivity contribution in [2.45, 2.75) is 48.5 Å². The minimum atomic E-state index is 0.902. The fourth-order valence-electron chi connectivity index (χ4n) is 2.87. The molecule has 2 aromatic rings. The third kappa shape index (κ3) is 1.86. The average Bonchev–Trinajstić information content (AvgIpc) is 2.69. The monoisotopic (exact) mass is 266 g/mol. The number of aromatic nitrogens is 2. The van der Waals surface area contributed by atoms with Gasteiger partial charge in [-0.25, -0.2) is 4.68 Å². The number of nitrogens with zero attached hydrogens (tertiary/aromatic N) is 2. The Bertz CT molecular complexity index is 711. The lowest BCUT2D eigenvalue weighted by Crippen LogP contribution is -2.09. The second-order valence-electron chi connectivity index (χ2n) is 5.58. The van der Waals surface area contributed by atoms with Crippen molar-refractivity contribution < 1.29 is 0 Å². The van der Waals surface area contributed by atoms with Gasteiger partial charge in [-0.3, -0.25) is 0 Å². The molecule has 0 aliphatic heterocycles. The average molecular weight is 266 g/mol. The van der Waals surface area contributed by atoms with Gasteiger partial charge in [0.15, 0.2) is 0 Å². The third-order valence-corrected chi connectivity index (χ3v) is 4.61. The van der Waals surface area contributed by atoms with Gasteiger partial charge in [-0.2, -0.15) is 5.10 Å². The lowest BCUT2D eigenvalue weighted by atomic mass is 9.93. The van der Waals surface area contributed by atoms with Gasteiger partial charge in [0.25, 0.3) is 0 Å². The molecule has 1 heterocycles. The van der Waals surface area contributed by atoms with Crippen LogP contribution in [0.2, 0.25) is 0 Å². The highest BCUT2D eigenvalue weighted by Gasteiger charge is 2.18.